The maximum absolute atomic E-state index is 3.33. The first kappa shape index (κ1) is 10.1. The van der Waals surface area contributed by atoms with E-state index in [0.717, 1.165) is 0 Å². The lowest BCUT2D eigenvalue weighted by Crippen LogP contribution is -2.17. The van der Waals surface area contributed by atoms with Gasteiger partial charge in [0.15, 0.2) is 0 Å². The van der Waals surface area contributed by atoms with E-state index in [4.69, 9.17) is 0 Å². The van der Waals surface area contributed by atoms with Gasteiger partial charge in [0.2, 0.25) is 0 Å². The molecule has 1 atom stereocenters. The van der Waals surface area contributed by atoms with Crippen LogP contribution in [0, 0.1) is 0 Å². The number of thioether (sulfide) groups is 1. The number of hydrogen-bond acceptors (Lipinski definition) is 3. The van der Waals surface area contributed by atoms with Crippen LogP contribution in [0.3, 0.4) is 0 Å². The zero-order valence-electron chi connectivity index (χ0n) is 7.54. The molecule has 0 spiro atoms. The van der Waals surface area contributed by atoms with Crippen molar-refractivity contribution in [1.82, 2.24) is 5.32 Å². The highest BCUT2D eigenvalue weighted by molar-refractivity contribution is 7.99. The predicted octanol–water partition coefficient (Wildman–Crippen LogP) is 2.76. The average Bonchev–Trinajstić information content (AvgIpc) is 2.59. The molecule has 0 aliphatic carbocycles. The minimum atomic E-state index is 0.537. The summed E-state index contributed by atoms with van der Waals surface area (Å²) in [6.07, 6.45) is 0. The minimum absolute atomic E-state index is 0.537. The maximum Gasteiger partial charge on any atom is 0.0504 e. The molecule has 68 valence electrons. The van der Waals surface area contributed by atoms with Crippen LogP contribution in [0.5, 0.6) is 0 Å². The van der Waals surface area contributed by atoms with Crippen molar-refractivity contribution >= 4 is 23.1 Å². The highest BCUT2D eigenvalue weighted by Gasteiger charge is 2.08. The molecule has 0 aliphatic heterocycles. The summed E-state index contributed by atoms with van der Waals surface area (Å²) < 4.78 is 0. The number of thiophene rings is 1. The molecule has 0 saturated carbocycles. The molecule has 12 heavy (non-hydrogen) atoms. The topological polar surface area (TPSA) is 12.0 Å². The third-order valence-corrected chi connectivity index (χ3v) is 3.69. The summed E-state index contributed by atoms with van der Waals surface area (Å²) in [6, 6.07) is 4.85. The summed E-state index contributed by atoms with van der Waals surface area (Å²) in [5.41, 5.74) is 0. The van der Waals surface area contributed by atoms with E-state index in [9.17, 15) is 0 Å². The van der Waals surface area contributed by atoms with Gasteiger partial charge in [-0.25, -0.2) is 0 Å². The fraction of sp³-hybridized carbons (Fsp3) is 0.556. The third kappa shape index (κ3) is 2.81. The Morgan fingerprint density at radius 1 is 1.67 bits per heavy atom. The van der Waals surface area contributed by atoms with Crippen molar-refractivity contribution in [1.29, 1.82) is 0 Å². The fourth-order valence-electron chi connectivity index (χ4n) is 1.03. The molecule has 0 fully saturated rings. The van der Waals surface area contributed by atoms with Gasteiger partial charge in [-0.05, 0) is 24.2 Å². The van der Waals surface area contributed by atoms with Crippen LogP contribution in [0.25, 0.3) is 0 Å². The smallest absolute Gasteiger partial charge is 0.0504 e. The van der Waals surface area contributed by atoms with Gasteiger partial charge < -0.3 is 5.32 Å². The van der Waals surface area contributed by atoms with Gasteiger partial charge in [0.1, 0.15) is 0 Å². The lowest BCUT2D eigenvalue weighted by Gasteiger charge is -2.12. The van der Waals surface area contributed by atoms with E-state index in [1.807, 2.05) is 30.1 Å². The Kier molecular flexibility index (Phi) is 4.73. The average molecular weight is 201 g/mol. The van der Waals surface area contributed by atoms with E-state index in [0.29, 0.717) is 6.04 Å². The van der Waals surface area contributed by atoms with Crippen molar-refractivity contribution in [3.63, 3.8) is 0 Å². The van der Waals surface area contributed by atoms with E-state index in [1.54, 1.807) is 0 Å². The van der Waals surface area contributed by atoms with Gasteiger partial charge in [-0.2, -0.15) is 11.8 Å². The second-order valence-electron chi connectivity index (χ2n) is 2.52. The van der Waals surface area contributed by atoms with E-state index >= 15 is 0 Å². The molecular weight excluding hydrogens is 186 g/mol. The van der Waals surface area contributed by atoms with E-state index in [1.165, 1.54) is 16.4 Å². The SMILES string of the molecule is CCSCC(NC)c1cccs1. The van der Waals surface area contributed by atoms with Crippen molar-refractivity contribution in [2.24, 2.45) is 0 Å². The first-order valence-electron chi connectivity index (χ1n) is 4.17. The summed E-state index contributed by atoms with van der Waals surface area (Å²) in [4.78, 5) is 1.44. The zero-order valence-corrected chi connectivity index (χ0v) is 9.17. The Bertz CT molecular complexity index is 196. The van der Waals surface area contributed by atoms with E-state index < -0.39 is 0 Å². The zero-order chi connectivity index (χ0) is 8.81. The highest BCUT2D eigenvalue weighted by Crippen LogP contribution is 2.21. The second-order valence-corrected chi connectivity index (χ2v) is 4.81. The first-order valence-corrected chi connectivity index (χ1v) is 6.20. The third-order valence-electron chi connectivity index (χ3n) is 1.72. The van der Waals surface area contributed by atoms with Crippen LogP contribution in [0.4, 0.5) is 0 Å². The Hall–Kier alpha value is 0.01000. The first-order chi connectivity index (χ1) is 5.88. The van der Waals surface area contributed by atoms with Gasteiger partial charge in [-0.1, -0.05) is 13.0 Å². The predicted molar refractivity (Wildman–Crippen MR) is 59.1 cm³/mol. The minimum Gasteiger partial charge on any atom is -0.312 e. The molecule has 0 radical (unpaired) electrons. The van der Waals surface area contributed by atoms with Gasteiger partial charge in [0.25, 0.3) is 0 Å². The molecule has 3 heteroatoms. The molecule has 1 aromatic heterocycles. The van der Waals surface area contributed by atoms with Crippen LogP contribution < -0.4 is 5.32 Å². The summed E-state index contributed by atoms with van der Waals surface area (Å²) in [6.45, 7) is 2.20. The van der Waals surface area contributed by atoms with Crippen molar-refractivity contribution in [2.45, 2.75) is 13.0 Å². The Morgan fingerprint density at radius 3 is 3.00 bits per heavy atom. The number of nitrogens with one attached hydrogen (secondary N) is 1. The molecule has 1 heterocycles. The van der Waals surface area contributed by atoms with Crippen molar-refractivity contribution < 1.29 is 0 Å². The molecule has 1 unspecified atom stereocenters. The van der Waals surface area contributed by atoms with Gasteiger partial charge in [-0.3, -0.25) is 0 Å². The molecular formula is C9H15NS2. The monoisotopic (exact) mass is 201 g/mol. The van der Waals surface area contributed by atoms with Crippen molar-refractivity contribution in [3.8, 4) is 0 Å². The molecule has 0 amide bonds. The fourth-order valence-corrected chi connectivity index (χ4v) is 2.79. The maximum atomic E-state index is 3.33. The molecule has 1 aromatic rings. The van der Waals surface area contributed by atoms with Crippen LogP contribution in [-0.4, -0.2) is 18.6 Å². The van der Waals surface area contributed by atoms with Crippen molar-refractivity contribution in [3.05, 3.63) is 22.4 Å². The lowest BCUT2D eigenvalue weighted by molar-refractivity contribution is 0.674. The van der Waals surface area contributed by atoms with E-state index in [2.05, 4.69) is 29.8 Å². The van der Waals surface area contributed by atoms with Gasteiger partial charge in [0.05, 0.1) is 6.04 Å². The van der Waals surface area contributed by atoms with Crippen LogP contribution in [0.2, 0.25) is 0 Å². The van der Waals surface area contributed by atoms with Crippen molar-refractivity contribution in [2.75, 3.05) is 18.6 Å². The number of hydrogen-bond donors (Lipinski definition) is 1. The largest absolute Gasteiger partial charge is 0.312 e. The van der Waals surface area contributed by atoms with E-state index in [-0.39, 0.29) is 0 Å². The standard InChI is InChI=1S/C9H15NS2/c1-3-11-7-8(10-2)9-5-4-6-12-9/h4-6,8,10H,3,7H2,1-2H3. The van der Waals surface area contributed by atoms with Gasteiger partial charge in [-0.15, -0.1) is 11.3 Å². The Labute approximate surface area is 82.6 Å². The molecule has 1 rings (SSSR count). The normalized spacial score (nSPS) is 13.2. The van der Waals surface area contributed by atoms with Crippen LogP contribution in [-0.2, 0) is 0 Å². The molecule has 1 nitrogen and oxygen atoms in total. The Balaban J connectivity index is 2.45. The van der Waals surface area contributed by atoms with Crippen LogP contribution in [0.15, 0.2) is 17.5 Å². The number of rotatable bonds is 5. The quantitative estimate of drug-likeness (QED) is 0.786. The van der Waals surface area contributed by atoms with Crippen LogP contribution >= 0.6 is 23.1 Å². The highest BCUT2D eigenvalue weighted by atomic mass is 32.2. The summed E-state index contributed by atoms with van der Waals surface area (Å²) >= 11 is 3.81. The molecule has 0 saturated heterocycles. The van der Waals surface area contributed by atoms with Gasteiger partial charge >= 0.3 is 0 Å². The molecule has 0 bridgehead atoms. The molecule has 1 N–H and O–H groups in total. The summed E-state index contributed by atoms with van der Waals surface area (Å²) in [5.74, 6) is 2.37. The Morgan fingerprint density at radius 2 is 2.50 bits per heavy atom. The second kappa shape index (κ2) is 5.62. The summed E-state index contributed by atoms with van der Waals surface area (Å²) in [5, 5.41) is 5.46. The molecule has 0 aliphatic rings. The van der Waals surface area contributed by atoms with Crippen LogP contribution in [0.1, 0.15) is 17.8 Å². The lowest BCUT2D eigenvalue weighted by atomic mass is 10.3. The summed E-state index contributed by atoms with van der Waals surface area (Å²) in [7, 11) is 2.03. The van der Waals surface area contributed by atoms with Gasteiger partial charge in [0, 0.05) is 10.6 Å². The molecule has 0 aromatic carbocycles.